The largest absolute Gasteiger partial charge is 0.298 e. The van der Waals surface area contributed by atoms with Crippen molar-refractivity contribution in [2.24, 2.45) is 0 Å². The lowest BCUT2D eigenvalue weighted by atomic mass is 10.2. The second kappa shape index (κ2) is 4.20. The van der Waals surface area contributed by atoms with E-state index in [9.17, 15) is 4.79 Å². The molecule has 0 aliphatic heterocycles. The van der Waals surface area contributed by atoms with Gasteiger partial charge in [-0.25, -0.2) is 0 Å². The van der Waals surface area contributed by atoms with Gasteiger partial charge in [0.2, 0.25) is 0 Å². The Bertz CT molecular complexity index is 490. The molecule has 0 aliphatic carbocycles. The first-order chi connectivity index (χ1) is 6.76. The van der Waals surface area contributed by atoms with Crippen LogP contribution in [0.4, 0.5) is 0 Å². The lowest BCUT2D eigenvalue weighted by molar-refractivity contribution is 0.112. The highest BCUT2D eigenvalue weighted by Gasteiger charge is 2.07. The molecule has 0 saturated heterocycles. The van der Waals surface area contributed by atoms with Gasteiger partial charge in [-0.05, 0) is 46.4 Å². The maximum atomic E-state index is 10.7. The number of thiophene rings is 1. The number of hydrogen-bond acceptors (Lipinski definition) is 3. The fourth-order valence-electron chi connectivity index (χ4n) is 1.25. The molecule has 1 aromatic heterocycles. The molecule has 0 radical (unpaired) electrons. The number of carbonyl (C=O) groups excluding carboxylic acids is 1. The van der Waals surface area contributed by atoms with Crippen LogP contribution in [0.5, 0.6) is 0 Å². The zero-order valence-electron chi connectivity index (χ0n) is 7.41. The van der Waals surface area contributed by atoms with Crippen molar-refractivity contribution in [3.8, 4) is 0 Å². The smallest absolute Gasteiger partial charge is 0.151 e. The molecule has 0 atom stereocenters. The van der Waals surface area contributed by atoms with E-state index in [1.54, 1.807) is 23.1 Å². The summed E-state index contributed by atoms with van der Waals surface area (Å²) in [5.74, 6) is 0. The van der Waals surface area contributed by atoms with Crippen molar-refractivity contribution in [3.63, 3.8) is 0 Å². The zero-order valence-corrected chi connectivity index (χ0v) is 11.2. The molecule has 1 nitrogen and oxygen atoms in total. The van der Waals surface area contributed by atoms with Gasteiger partial charge in [0.15, 0.2) is 6.29 Å². The normalized spacial score (nSPS) is 10.7. The molecule has 2 rings (SSSR count). The van der Waals surface area contributed by atoms with Crippen LogP contribution in [0.2, 0.25) is 0 Å². The van der Waals surface area contributed by atoms with E-state index in [-0.39, 0.29) is 0 Å². The third-order valence-corrected chi connectivity index (χ3v) is 5.72. The number of fused-ring (bicyclic) bond motifs is 1. The lowest BCUT2D eigenvalue weighted by Crippen LogP contribution is -1.83. The highest BCUT2D eigenvalue weighted by atomic mass is 127. The van der Waals surface area contributed by atoms with Crippen LogP contribution in [0.25, 0.3) is 10.1 Å². The zero-order chi connectivity index (χ0) is 10.1. The van der Waals surface area contributed by atoms with Gasteiger partial charge in [0.25, 0.3) is 0 Å². The predicted molar refractivity (Wildman–Crippen MR) is 71.7 cm³/mol. The van der Waals surface area contributed by atoms with E-state index in [2.05, 4.69) is 34.9 Å². The third kappa shape index (κ3) is 1.70. The standard InChI is InChI=1S/C10H7IOS2/c1-13-8-4-6-2-3-7(5-12)9(11)10(6)14-8/h2-5H,1H3. The fraction of sp³-hybridized carbons (Fsp3) is 0.100. The van der Waals surface area contributed by atoms with E-state index in [4.69, 9.17) is 0 Å². The Morgan fingerprint density at radius 3 is 2.93 bits per heavy atom. The third-order valence-electron chi connectivity index (χ3n) is 1.96. The molecule has 72 valence electrons. The summed E-state index contributed by atoms with van der Waals surface area (Å²) in [6, 6.07) is 6.06. The predicted octanol–water partition coefficient (Wildman–Crippen LogP) is 4.04. The van der Waals surface area contributed by atoms with Crippen LogP contribution in [0, 0.1) is 3.57 Å². The van der Waals surface area contributed by atoms with E-state index in [0.717, 1.165) is 15.4 Å². The molecule has 0 amide bonds. The SMILES string of the molecule is CSc1cc2ccc(C=O)c(I)c2s1. The van der Waals surface area contributed by atoms with E-state index in [1.807, 2.05) is 12.1 Å². The summed E-state index contributed by atoms with van der Waals surface area (Å²) in [7, 11) is 0. The Hall–Kier alpha value is -0.0700. The van der Waals surface area contributed by atoms with E-state index in [1.165, 1.54) is 14.3 Å². The van der Waals surface area contributed by atoms with Gasteiger partial charge in [-0.1, -0.05) is 6.07 Å². The first-order valence-corrected chi connectivity index (χ1v) is 7.09. The second-order valence-electron chi connectivity index (χ2n) is 2.77. The number of benzene rings is 1. The Kier molecular flexibility index (Phi) is 3.14. The average Bonchev–Trinajstić information content (AvgIpc) is 2.62. The highest BCUT2D eigenvalue weighted by molar-refractivity contribution is 14.1. The molecule has 1 heterocycles. The summed E-state index contributed by atoms with van der Waals surface area (Å²) >= 11 is 5.73. The maximum absolute atomic E-state index is 10.7. The highest BCUT2D eigenvalue weighted by Crippen LogP contribution is 2.35. The summed E-state index contributed by atoms with van der Waals surface area (Å²) < 4.78 is 3.58. The van der Waals surface area contributed by atoms with Gasteiger partial charge in [0.1, 0.15) is 0 Å². The van der Waals surface area contributed by atoms with Gasteiger partial charge >= 0.3 is 0 Å². The van der Waals surface area contributed by atoms with Crippen LogP contribution in [-0.2, 0) is 0 Å². The molecule has 4 heteroatoms. The molecule has 0 bridgehead atoms. The number of thioether (sulfide) groups is 1. The average molecular weight is 334 g/mol. The summed E-state index contributed by atoms with van der Waals surface area (Å²) in [4.78, 5) is 10.7. The first-order valence-electron chi connectivity index (χ1n) is 3.97. The monoisotopic (exact) mass is 334 g/mol. The number of carbonyl (C=O) groups is 1. The van der Waals surface area contributed by atoms with Crippen molar-refractivity contribution in [2.45, 2.75) is 4.21 Å². The summed E-state index contributed by atoms with van der Waals surface area (Å²) in [6.45, 7) is 0. The van der Waals surface area contributed by atoms with Crippen LogP contribution < -0.4 is 0 Å². The van der Waals surface area contributed by atoms with Gasteiger partial charge < -0.3 is 0 Å². The van der Waals surface area contributed by atoms with E-state index in [0.29, 0.717) is 0 Å². The minimum absolute atomic E-state index is 0.785. The quantitative estimate of drug-likeness (QED) is 0.468. The van der Waals surface area contributed by atoms with Crippen LogP contribution >= 0.6 is 45.7 Å². The summed E-state index contributed by atoms with van der Waals surface area (Å²) in [6.07, 6.45) is 2.98. The van der Waals surface area contributed by atoms with Crippen LogP contribution in [-0.4, -0.2) is 12.5 Å². The molecule has 0 unspecified atom stereocenters. The Labute approximate surface area is 104 Å². The maximum Gasteiger partial charge on any atom is 0.151 e. The molecule has 14 heavy (non-hydrogen) atoms. The number of aldehydes is 1. The number of hydrogen-bond donors (Lipinski definition) is 0. The number of halogens is 1. The Morgan fingerprint density at radius 1 is 1.50 bits per heavy atom. The topological polar surface area (TPSA) is 17.1 Å². The molecule has 0 N–H and O–H groups in total. The molecule has 0 fully saturated rings. The van der Waals surface area contributed by atoms with E-state index < -0.39 is 0 Å². The van der Waals surface area contributed by atoms with Crippen molar-refractivity contribution < 1.29 is 4.79 Å². The second-order valence-corrected chi connectivity index (χ2v) is 6.01. The van der Waals surface area contributed by atoms with E-state index >= 15 is 0 Å². The Balaban J connectivity index is 2.74. The van der Waals surface area contributed by atoms with Crippen LogP contribution in [0.15, 0.2) is 22.4 Å². The van der Waals surface area contributed by atoms with Gasteiger partial charge in [-0.3, -0.25) is 4.79 Å². The minimum atomic E-state index is 0.785. The number of rotatable bonds is 2. The van der Waals surface area contributed by atoms with Gasteiger partial charge in [-0.2, -0.15) is 0 Å². The van der Waals surface area contributed by atoms with Crippen molar-refractivity contribution in [3.05, 3.63) is 27.3 Å². The molecular formula is C10H7IOS2. The Morgan fingerprint density at radius 2 is 2.29 bits per heavy atom. The fourth-order valence-corrected chi connectivity index (χ4v) is 3.87. The minimum Gasteiger partial charge on any atom is -0.298 e. The van der Waals surface area contributed by atoms with Crippen LogP contribution in [0.1, 0.15) is 10.4 Å². The molecule has 0 saturated carbocycles. The van der Waals surface area contributed by atoms with Crippen LogP contribution in [0.3, 0.4) is 0 Å². The molecule has 2 aromatic rings. The lowest BCUT2D eigenvalue weighted by Gasteiger charge is -1.96. The molecular weight excluding hydrogens is 327 g/mol. The molecule has 1 aromatic carbocycles. The summed E-state index contributed by atoms with van der Waals surface area (Å²) in [5.41, 5.74) is 0.785. The van der Waals surface area contributed by atoms with Gasteiger partial charge in [0.05, 0.1) is 4.21 Å². The van der Waals surface area contributed by atoms with Crippen molar-refractivity contribution in [2.75, 3.05) is 6.26 Å². The molecule has 0 spiro atoms. The summed E-state index contributed by atoms with van der Waals surface area (Å²) in [5, 5.41) is 1.23. The first kappa shape index (κ1) is 10.4. The van der Waals surface area contributed by atoms with Gasteiger partial charge in [-0.15, -0.1) is 23.1 Å². The van der Waals surface area contributed by atoms with Crippen molar-refractivity contribution >= 4 is 62.1 Å². The van der Waals surface area contributed by atoms with Crippen molar-refractivity contribution in [1.29, 1.82) is 0 Å². The van der Waals surface area contributed by atoms with Crippen molar-refractivity contribution in [1.82, 2.24) is 0 Å². The van der Waals surface area contributed by atoms with Gasteiger partial charge in [0, 0.05) is 13.8 Å². The molecule has 0 aliphatic rings.